The third-order valence-electron chi connectivity index (χ3n) is 4.42. The molecule has 0 amide bonds. The Kier molecular flexibility index (Phi) is 3.59. The highest BCUT2D eigenvalue weighted by Gasteiger charge is 2.26. The molecular weight excluding hydrogens is 268 g/mol. The standard InChI is InChI=1S/C17H21ClN2/c1-17(2)9-7-12(8-10-17)20-15-6-5-14(18)13-4-3-11-19-16(13)15/h3-6,11-12,20H,7-10H2,1-2H3. The minimum Gasteiger partial charge on any atom is -0.381 e. The van der Waals surface area contributed by atoms with Gasteiger partial charge < -0.3 is 5.32 Å². The highest BCUT2D eigenvalue weighted by Crippen LogP contribution is 2.37. The van der Waals surface area contributed by atoms with Crippen LogP contribution in [0.15, 0.2) is 30.5 Å². The summed E-state index contributed by atoms with van der Waals surface area (Å²) in [5.41, 5.74) is 2.58. The van der Waals surface area contributed by atoms with E-state index in [0.29, 0.717) is 11.5 Å². The van der Waals surface area contributed by atoms with Crippen molar-refractivity contribution in [1.82, 2.24) is 4.98 Å². The summed E-state index contributed by atoms with van der Waals surface area (Å²) in [6.07, 6.45) is 6.84. The molecule has 0 bridgehead atoms. The molecule has 0 aliphatic heterocycles. The van der Waals surface area contributed by atoms with Crippen molar-refractivity contribution < 1.29 is 0 Å². The zero-order valence-corrected chi connectivity index (χ0v) is 12.9. The van der Waals surface area contributed by atoms with E-state index >= 15 is 0 Å². The SMILES string of the molecule is CC1(C)CCC(Nc2ccc(Cl)c3cccnc23)CC1. The molecule has 1 saturated carbocycles. The fraction of sp³-hybridized carbons (Fsp3) is 0.471. The summed E-state index contributed by atoms with van der Waals surface area (Å²) in [4.78, 5) is 4.49. The van der Waals surface area contributed by atoms with E-state index in [1.807, 2.05) is 24.4 Å². The number of benzene rings is 1. The van der Waals surface area contributed by atoms with Gasteiger partial charge in [-0.05, 0) is 55.4 Å². The molecule has 0 unspecified atom stereocenters. The van der Waals surface area contributed by atoms with E-state index in [2.05, 4.69) is 30.2 Å². The fourth-order valence-corrected chi connectivity index (χ4v) is 3.23. The van der Waals surface area contributed by atoms with Crippen LogP contribution in [-0.2, 0) is 0 Å². The van der Waals surface area contributed by atoms with Crippen LogP contribution in [0.1, 0.15) is 39.5 Å². The predicted octanol–water partition coefficient (Wildman–Crippen LogP) is 5.27. The number of nitrogens with zero attached hydrogens (tertiary/aromatic N) is 1. The van der Waals surface area contributed by atoms with Gasteiger partial charge in [-0.1, -0.05) is 25.4 Å². The summed E-state index contributed by atoms with van der Waals surface area (Å²) in [5.74, 6) is 0. The smallest absolute Gasteiger partial charge is 0.0948 e. The molecule has 2 aromatic rings. The van der Waals surface area contributed by atoms with Crippen LogP contribution in [0, 0.1) is 5.41 Å². The lowest BCUT2D eigenvalue weighted by molar-refractivity contribution is 0.232. The highest BCUT2D eigenvalue weighted by atomic mass is 35.5. The maximum absolute atomic E-state index is 6.24. The van der Waals surface area contributed by atoms with Crippen molar-refractivity contribution in [3.05, 3.63) is 35.5 Å². The van der Waals surface area contributed by atoms with Crippen LogP contribution < -0.4 is 5.32 Å². The number of hydrogen-bond donors (Lipinski definition) is 1. The first-order valence-corrected chi connectivity index (χ1v) is 7.73. The quantitative estimate of drug-likeness (QED) is 0.814. The first-order chi connectivity index (χ1) is 9.55. The summed E-state index contributed by atoms with van der Waals surface area (Å²) < 4.78 is 0. The number of pyridine rings is 1. The number of hydrogen-bond acceptors (Lipinski definition) is 2. The van der Waals surface area contributed by atoms with Crippen molar-refractivity contribution in [2.75, 3.05) is 5.32 Å². The zero-order valence-electron chi connectivity index (χ0n) is 12.1. The van der Waals surface area contributed by atoms with E-state index in [0.717, 1.165) is 21.6 Å². The Balaban J connectivity index is 1.83. The van der Waals surface area contributed by atoms with Crippen LogP contribution in [0.25, 0.3) is 10.9 Å². The summed E-state index contributed by atoms with van der Waals surface area (Å²) >= 11 is 6.24. The molecule has 1 fully saturated rings. The van der Waals surface area contributed by atoms with Gasteiger partial charge in [0, 0.05) is 17.6 Å². The van der Waals surface area contributed by atoms with Crippen molar-refractivity contribution in [3.63, 3.8) is 0 Å². The van der Waals surface area contributed by atoms with Crippen molar-refractivity contribution >= 4 is 28.2 Å². The van der Waals surface area contributed by atoms with Crippen LogP contribution in [-0.4, -0.2) is 11.0 Å². The number of fused-ring (bicyclic) bond motifs is 1. The Hall–Kier alpha value is -1.28. The molecule has 1 N–H and O–H groups in total. The molecule has 1 heterocycles. The summed E-state index contributed by atoms with van der Waals surface area (Å²) in [5, 5.41) is 5.46. The molecule has 1 aliphatic rings. The molecule has 2 nitrogen and oxygen atoms in total. The maximum atomic E-state index is 6.24. The molecule has 3 heteroatoms. The molecule has 1 aromatic heterocycles. The maximum Gasteiger partial charge on any atom is 0.0948 e. The second kappa shape index (κ2) is 5.25. The van der Waals surface area contributed by atoms with E-state index in [1.54, 1.807) is 0 Å². The topological polar surface area (TPSA) is 24.9 Å². The monoisotopic (exact) mass is 288 g/mol. The summed E-state index contributed by atoms with van der Waals surface area (Å²) in [6, 6.07) is 8.52. The number of rotatable bonds is 2. The molecule has 3 rings (SSSR count). The van der Waals surface area contributed by atoms with Gasteiger partial charge in [0.15, 0.2) is 0 Å². The molecule has 0 saturated heterocycles. The number of halogens is 1. The third kappa shape index (κ3) is 2.76. The predicted molar refractivity (Wildman–Crippen MR) is 86.4 cm³/mol. The highest BCUT2D eigenvalue weighted by molar-refractivity contribution is 6.35. The second-order valence-corrected chi connectivity index (χ2v) is 6.98. The Labute approximate surface area is 125 Å². The Morgan fingerprint density at radius 1 is 1.20 bits per heavy atom. The van der Waals surface area contributed by atoms with Crippen LogP contribution >= 0.6 is 11.6 Å². The van der Waals surface area contributed by atoms with Gasteiger partial charge in [0.1, 0.15) is 0 Å². The molecule has 20 heavy (non-hydrogen) atoms. The number of aromatic nitrogens is 1. The van der Waals surface area contributed by atoms with Crippen LogP contribution in [0.4, 0.5) is 5.69 Å². The van der Waals surface area contributed by atoms with Gasteiger partial charge in [0.2, 0.25) is 0 Å². The Morgan fingerprint density at radius 2 is 1.95 bits per heavy atom. The Morgan fingerprint density at radius 3 is 2.70 bits per heavy atom. The van der Waals surface area contributed by atoms with Gasteiger partial charge in [0.25, 0.3) is 0 Å². The molecule has 106 valence electrons. The summed E-state index contributed by atoms with van der Waals surface area (Å²) in [7, 11) is 0. The Bertz CT molecular complexity index is 611. The van der Waals surface area contributed by atoms with Crippen molar-refractivity contribution in [1.29, 1.82) is 0 Å². The first kappa shape index (κ1) is 13.7. The number of anilines is 1. The molecule has 1 aromatic carbocycles. The van der Waals surface area contributed by atoms with Crippen molar-refractivity contribution in [2.45, 2.75) is 45.6 Å². The van der Waals surface area contributed by atoms with Crippen molar-refractivity contribution in [3.8, 4) is 0 Å². The minimum atomic E-state index is 0.499. The van der Waals surface area contributed by atoms with E-state index in [-0.39, 0.29) is 0 Å². The lowest BCUT2D eigenvalue weighted by Gasteiger charge is -2.35. The fourth-order valence-electron chi connectivity index (χ4n) is 3.02. The molecule has 0 atom stereocenters. The molecule has 0 radical (unpaired) electrons. The number of nitrogens with one attached hydrogen (secondary N) is 1. The normalized spacial score (nSPS) is 19.1. The van der Waals surface area contributed by atoms with Gasteiger partial charge >= 0.3 is 0 Å². The van der Waals surface area contributed by atoms with Gasteiger partial charge in [-0.3, -0.25) is 4.98 Å². The summed E-state index contributed by atoms with van der Waals surface area (Å²) in [6.45, 7) is 4.73. The van der Waals surface area contributed by atoms with Crippen LogP contribution in [0.3, 0.4) is 0 Å². The van der Waals surface area contributed by atoms with Gasteiger partial charge in [-0.2, -0.15) is 0 Å². The third-order valence-corrected chi connectivity index (χ3v) is 4.74. The van der Waals surface area contributed by atoms with Gasteiger partial charge in [0.05, 0.1) is 16.2 Å². The van der Waals surface area contributed by atoms with Gasteiger partial charge in [-0.15, -0.1) is 0 Å². The largest absolute Gasteiger partial charge is 0.381 e. The zero-order chi connectivity index (χ0) is 14.2. The van der Waals surface area contributed by atoms with Crippen LogP contribution in [0.2, 0.25) is 5.02 Å². The van der Waals surface area contributed by atoms with E-state index in [4.69, 9.17) is 11.6 Å². The first-order valence-electron chi connectivity index (χ1n) is 7.35. The molecule has 1 aliphatic carbocycles. The van der Waals surface area contributed by atoms with Gasteiger partial charge in [-0.25, -0.2) is 0 Å². The van der Waals surface area contributed by atoms with E-state index in [1.165, 1.54) is 25.7 Å². The van der Waals surface area contributed by atoms with E-state index in [9.17, 15) is 0 Å². The van der Waals surface area contributed by atoms with Crippen LogP contribution in [0.5, 0.6) is 0 Å². The lowest BCUT2D eigenvalue weighted by Crippen LogP contribution is -2.29. The average Bonchev–Trinajstić information content (AvgIpc) is 2.44. The average molecular weight is 289 g/mol. The molecule has 0 spiro atoms. The lowest BCUT2D eigenvalue weighted by atomic mass is 9.75. The molecular formula is C17H21ClN2. The second-order valence-electron chi connectivity index (χ2n) is 6.58. The van der Waals surface area contributed by atoms with Crippen molar-refractivity contribution in [2.24, 2.45) is 5.41 Å². The minimum absolute atomic E-state index is 0.499. The van der Waals surface area contributed by atoms with E-state index < -0.39 is 0 Å².